The lowest BCUT2D eigenvalue weighted by molar-refractivity contribution is -0.145. The Hall–Kier alpha value is -2.69. The lowest BCUT2D eigenvalue weighted by Crippen LogP contribution is -2.36. The fourth-order valence-electron chi connectivity index (χ4n) is 2.70. The van der Waals surface area contributed by atoms with E-state index in [1.54, 1.807) is 24.6 Å². The summed E-state index contributed by atoms with van der Waals surface area (Å²) in [4.78, 5) is 21.0. The quantitative estimate of drug-likeness (QED) is 0.803. The zero-order valence-electron chi connectivity index (χ0n) is 13.7. The fourth-order valence-corrected chi connectivity index (χ4v) is 2.70. The molecule has 0 aliphatic rings. The molecular weight excluding hydrogens is 290 g/mol. The van der Waals surface area contributed by atoms with Crippen molar-refractivity contribution in [3.63, 3.8) is 0 Å². The van der Waals surface area contributed by atoms with Crippen LogP contribution in [-0.4, -0.2) is 25.6 Å². The number of rotatable bonds is 3. The smallest absolute Gasteiger partial charge is 0.329 e. The standard InChI is InChI=1S/C18H19N3O2/c1-11-9-14-16(19-10-11)21(18(3,4)17(22)23)15(20-14)13-8-6-5-7-12(13)2/h5-10H,1-4H3,(H,22,23). The molecular formula is C18H19N3O2. The van der Waals surface area contributed by atoms with Crippen LogP contribution in [0.2, 0.25) is 0 Å². The second-order valence-corrected chi connectivity index (χ2v) is 6.31. The number of pyridine rings is 1. The Labute approximate surface area is 134 Å². The molecule has 2 aromatic heterocycles. The predicted octanol–water partition coefficient (Wildman–Crippen LogP) is 3.53. The van der Waals surface area contributed by atoms with Crippen LogP contribution in [0.25, 0.3) is 22.6 Å². The maximum atomic E-state index is 11.8. The van der Waals surface area contributed by atoms with E-state index in [1.807, 2.05) is 44.2 Å². The molecule has 0 saturated carbocycles. The Kier molecular flexibility index (Phi) is 3.43. The fraction of sp³-hybridized carbons (Fsp3) is 0.278. The molecule has 0 bridgehead atoms. The SMILES string of the molecule is Cc1cnc2c(c1)nc(-c1ccccc1C)n2C(C)(C)C(=O)O. The van der Waals surface area contributed by atoms with Gasteiger partial charge in [0.2, 0.25) is 0 Å². The lowest BCUT2D eigenvalue weighted by atomic mass is 10.0. The van der Waals surface area contributed by atoms with Gasteiger partial charge in [-0.2, -0.15) is 0 Å². The van der Waals surface area contributed by atoms with Crippen LogP contribution in [0.1, 0.15) is 25.0 Å². The minimum atomic E-state index is -1.16. The predicted molar refractivity (Wildman–Crippen MR) is 89.4 cm³/mol. The summed E-state index contributed by atoms with van der Waals surface area (Å²) in [6, 6.07) is 9.76. The number of carbonyl (C=O) groups is 1. The molecule has 2 heterocycles. The molecule has 3 rings (SSSR count). The minimum Gasteiger partial charge on any atom is -0.480 e. The third-order valence-corrected chi connectivity index (χ3v) is 4.10. The van der Waals surface area contributed by atoms with Crippen molar-refractivity contribution >= 4 is 17.1 Å². The number of imidazole rings is 1. The van der Waals surface area contributed by atoms with Crippen LogP contribution in [-0.2, 0) is 10.3 Å². The lowest BCUT2D eigenvalue weighted by Gasteiger charge is -2.24. The number of aliphatic carboxylic acids is 1. The zero-order chi connectivity index (χ0) is 16.8. The molecule has 0 spiro atoms. The van der Waals surface area contributed by atoms with E-state index in [1.165, 1.54) is 0 Å². The van der Waals surface area contributed by atoms with E-state index >= 15 is 0 Å². The first-order valence-electron chi connectivity index (χ1n) is 7.47. The molecule has 23 heavy (non-hydrogen) atoms. The number of carboxylic acids is 1. The Balaban J connectivity index is 2.42. The third kappa shape index (κ3) is 2.38. The molecule has 0 radical (unpaired) electrons. The van der Waals surface area contributed by atoms with Gasteiger partial charge >= 0.3 is 5.97 Å². The molecule has 5 nitrogen and oxygen atoms in total. The summed E-state index contributed by atoms with van der Waals surface area (Å²) in [6.45, 7) is 7.27. The van der Waals surface area contributed by atoms with Gasteiger partial charge in [0, 0.05) is 11.8 Å². The van der Waals surface area contributed by atoms with Crippen LogP contribution in [0.3, 0.4) is 0 Å². The first-order chi connectivity index (χ1) is 10.8. The maximum Gasteiger partial charge on any atom is 0.329 e. The van der Waals surface area contributed by atoms with Crippen molar-refractivity contribution in [2.24, 2.45) is 0 Å². The molecule has 0 unspecified atom stereocenters. The van der Waals surface area contributed by atoms with E-state index < -0.39 is 11.5 Å². The van der Waals surface area contributed by atoms with Gasteiger partial charge < -0.3 is 5.11 Å². The Bertz CT molecular complexity index is 910. The average molecular weight is 309 g/mol. The monoisotopic (exact) mass is 309 g/mol. The molecule has 0 aliphatic carbocycles. The van der Waals surface area contributed by atoms with Gasteiger partial charge in [-0.1, -0.05) is 24.3 Å². The highest BCUT2D eigenvalue weighted by Gasteiger charge is 2.34. The van der Waals surface area contributed by atoms with Crippen LogP contribution in [0.4, 0.5) is 0 Å². The summed E-state index contributed by atoms with van der Waals surface area (Å²) in [5.74, 6) is -0.294. The van der Waals surface area contributed by atoms with Crippen molar-refractivity contribution in [2.75, 3.05) is 0 Å². The Morgan fingerprint density at radius 1 is 1.22 bits per heavy atom. The molecule has 0 saturated heterocycles. The summed E-state index contributed by atoms with van der Waals surface area (Å²) in [7, 11) is 0. The van der Waals surface area contributed by atoms with Crippen molar-refractivity contribution in [2.45, 2.75) is 33.2 Å². The van der Waals surface area contributed by atoms with Gasteiger partial charge in [0.25, 0.3) is 0 Å². The van der Waals surface area contributed by atoms with Crippen molar-refractivity contribution in [3.8, 4) is 11.4 Å². The molecule has 1 N–H and O–H groups in total. The van der Waals surface area contributed by atoms with E-state index in [0.29, 0.717) is 17.0 Å². The van der Waals surface area contributed by atoms with Crippen molar-refractivity contribution in [1.29, 1.82) is 0 Å². The number of aromatic nitrogens is 3. The molecule has 0 fully saturated rings. The summed E-state index contributed by atoms with van der Waals surface area (Å²) >= 11 is 0. The van der Waals surface area contributed by atoms with Gasteiger partial charge in [-0.05, 0) is 44.9 Å². The van der Waals surface area contributed by atoms with Gasteiger partial charge in [-0.3, -0.25) is 4.57 Å². The number of hydrogen-bond donors (Lipinski definition) is 1. The molecule has 0 aliphatic heterocycles. The molecule has 0 amide bonds. The number of hydrogen-bond acceptors (Lipinski definition) is 3. The number of carboxylic acid groups (broad SMARTS) is 1. The number of aryl methyl sites for hydroxylation is 2. The minimum absolute atomic E-state index is 0.584. The highest BCUT2D eigenvalue weighted by molar-refractivity contribution is 5.84. The van der Waals surface area contributed by atoms with Gasteiger partial charge in [0.05, 0.1) is 0 Å². The molecule has 1 aromatic carbocycles. The molecule has 0 atom stereocenters. The summed E-state index contributed by atoms with van der Waals surface area (Å²) in [5.41, 5.74) is 3.08. The van der Waals surface area contributed by atoms with Crippen LogP contribution >= 0.6 is 0 Å². The molecule has 5 heteroatoms. The van der Waals surface area contributed by atoms with E-state index in [4.69, 9.17) is 4.98 Å². The van der Waals surface area contributed by atoms with Crippen LogP contribution in [0.5, 0.6) is 0 Å². The first kappa shape index (κ1) is 15.2. The highest BCUT2D eigenvalue weighted by atomic mass is 16.4. The molecule has 118 valence electrons. The van der Waals surface area contributed by atoms with Crippen LogP contribution in [0, 0.1) is 13.8 Å². The van der Waals surface area contributed by atoms with Crippen molar-refractivity contribution in [3.05, 3.63) is 47.7 Å². The summed E-state index contributed by atoms with van der Waals surface area (Å²) in [6.07, 6.45) is 1.74. The van der Waals surface area contributed by atoms with Gasteiger partial charge in [-0.15, -0.1) is 0 Å². The second-order valence-electron chi connectivity index (χ2n) is 6.31. The van der Waals surface area contributed by atoms with Gasteiger partial charge in [-0.25, -0.2) is 14.8 Å². The Morgan fingerprint density at radius 3 is 2.57 bits per heavy atom. The zero-order valence-corrected chi connectivity index (χ0v) is 13.7. The number of fused-ring (bicyclic) bond motifs is 1. The molecule has 3 aromatic rings. The van der Waals surface area contributed by atoms with E-state index in [0.717, 1.165) is 16.7 Å². The van der Waals surface area contributed by atoms with Gasteiger partial charge in [0.1, 0.15) is 16.9 Å². The largest absolute Gasteiger partial charge is 0.480 e. The maximum absolute atomic E-state index is 11.8. The Morgan fingerprint density at radius 2 is 1.91 bits per heavy atom. The second kappa shape index (κ2) is 5.19. The van der Waals surface area contributed by atoms with Crippen LogP contribution < -0.4 is 0 Å². The number of nitrogens with zero attached hydrogens (tertiary/aromatic N) is 3. The first-order valence-corrected chi connectivity index (χ1v) is 7.47. The van der Waals surface area contributed by atoms with Gasteiger partial charge in [0.15, 0.2) is 5.65 Å². The topological polar surface area (TPSA) is 68.0 Å². The van der Waals surface area contributed by atoms with Crippen molar-refractivity contribution < 1.29 is 9.90 Å². The normalized spacial score (nSPS) is 11.8. The number of benzene rings is 1. The van der Waals surface area contributed by atoms with E-state index in [2.05, 4.69) is 4.98 Å². The summed E-state index contributed by atoms with van der Waals surface area (Å²) in [5, 5.41) is 9.69. The summed E-state index contributed by atoms with van der Waals surface area (Å²) < 4.78 is 1.71. The highest BCUT2D eigenvalue weighted by Crippen LogP contribution is 2.32. The average Bonchev–Trinajstić information content (AvgIpc) is 2.86. The van der Waals surface area contributed by atoms with Crippen molar-refractivity contribution in [1.82, 2.24) is 14.5 Å². The van der Waals surface area contributed by atoms with Crippen LogP contribution in [0.15, 0.2) is 36.5 Å². The van der Waals surface area contributed by atoms with E-state index in [-0.39, 0.29) is 0 Å². The van der Waals surface area contributed by atoms with E-state index in [9.17, 15) is 9.90 Å². The third-order valence-electron chi connectivity index (χ3n) is 4.10.